The number of carbonyl (C=O) groups is 2. The summed E-state index contributed by atoms with van der Waals surface area (Å²) in [6.45, 7) is 6.79. The third-order valence-electron chi connectivity index (χ3n) is 8.30. The summed E-state index contributed by atoms with van der Waals surface area (Å²) in [5.41, 5.74) is 2.43. The Morgan fingerprint density at radius 1 is 1.16 bits per heavy atom. The average Bonchev–Trinajstić information content (AvgIpc) is 2.73. The summed E-state index contributed by atoms with van der Waals surface area (Å²) in [6, 6.07) is 4.77. The van der Waals surface area contributed by atoms with Crippen LogP contribution in [-0.2, 0) is 16.0 Å². The second-order valence-electron chi connectivity index (χ2n) is 10.1. The predicted octanol–water partition coefficient (Wildman–Crippen LogP) is 3.07. The molecular formula is C25H36N4O2. The Balaban J connectivity index is 1.38. The van der Waals surface area contributed by atoms with E-state index in [1.807, 2.05) is 0 Å². The van der Waals surface area contributed by atoms with E-state index in [1.165, 1.54) is 11.3 Å². The lowest BCUT2D eigenvalue weighted by Gasteiger charge is -2.57. The van der Waals surface area contributed by atoms with Crippen LogP contribution < -0.4 is 10.2 Å². The smallest absolute Gasteiger partial charge is 0.223 e. The summed E-state index contributed by atoms with van der Waals surface area (Å²) in [5, 5.41) is 3.22. The highest BCUT2D eigenvalue weighted by Gasteiger charge is 2.49. The number of hydrogen-bond acceptors (Lipinski definition) is 4. The Morgan fingerprint density at radius 3 is 2.71 bits per heavy atom. The highest BCUT2D eigenvalue weighted by atomic mass is 16.2. The van der Waals surface area contributed by atoms with E-state index in [9.17, 15) is 9.59 Å². The van der Waals surface area contributed by atoms with E-state index in [0.717, 1.165) is 63.9 Å². The number of aromatic nitrogens is 1. The zero-order valence-electron chi connectivity index (χ0n) is 19.0. The molecule has 5 rings (SSSR count). The third-order valence-corrected chi connectivity index (χ3v) is 8.30. The number of fused-ring (bicyclic) bond motifs is 4. The van der Waals surface area contributed by atoms with Gasteiger partial charge in [0, 0.05) is 43.7 Å². The van der Waals surface area contributed by atoms with Gasteiger partial charge in [0.05, 0.1) is 6.04 Å². The minimum atomic E-state index is 0.108. The number of nitrogens with zero attached hydrogens (tertiary/aromatic N) is 3. The van der Waals surface area contributed by atoms with Gasteiger partial charge in [-0.05, 0) is 68.9 Å². The van der Waals surface area contributed by atoms with Crippen molar-refractivity contribution in [3.8, 4) is 0 Å². The van der Waals surface area contributed by atoms with E-state index in [4.69, 9.17) is 4.98 Å². The molecule has 1 aliphatic carbocycles. The van der Waals surface area contributed by atoms with E-state index in [0.29, 0.717) is 36.8 Å². The second-order valence-corrected chi connectivity index (χ2v) is 10.1. The molecule has 0 unspecified atom stereocenters. The molecule has 1 saturated carbocycles. The molecule has 4 atom stereocenters. The van der Waals surface area contributed by atoms with Crippen LogP contribution in [-0.4, -0.2) is 53.4 Å². The maximum Gasteiger partial charge on any atom is 0.223 e. The van der Waals surface area contributed by atoms with Crippen LogP contribution in [0.3, 0.4) is 0 Å². The lowest BCUT2D eigenvalue weighted by Crippen LogP contribution is -2.67. The van der Waals surface area contributed by atoms with Gasteiger partial charge in [-0.1, -0.05) is 19.4 Å². The molecule has 3 saturated heterocycles. The maximum absolute atomic E-state index is 13.0. The number of piperidine rings is 3. The monoisotopic (exact) mass is 424 g/mol. The van der Waals surface area contributed by atoms with E-state index >= 15 is 0 Å². The fourth-order valence-electron chi connectivity index (χ4n) is 6.34. The Labute approximate surface area is 185 Å². The first kappa shape index (κ1) is 20.8. The molecule has 0 radical (unpaired) electrons. The van der Waals surface area contributed by atoms with Crippen LogP contribution >= 0.6 is 0 Å². The zero-order valence-corrected chi connectivity index (χ0v) is 19.0. The van der Waals surface area contributed by atoms with Gasteiger partial charge in [0.15, 0.2) is 0 Å². The summed E-state index contributed by atoms with van der Waals surface area (Å²) in [6.07, 6.45) is 8.03. The number of pyridine rings is 1. The number of nitrogens with one attached hydrogen (secondary N) is 1. The predicted molar refractivity (Wildman–Crippen MR) is 121 cm³/mol. The molecule has 6 nitrogen and oxygen atoms in total. The molecule has 168 valence electrons. The first-order valence-electron chi connectivity index (χ1n) is 12.4. The number of aryl methyl sites for hydroxylation is 2. The van der Waals surface area contributed by atoms with E-state index in [-0.39, 0.29) is 17.9 Å². The van der Waals surface area contributed by atoms with Crippen LogP contribution in [0.25, 0.3) is 0 Å². The van der Waals surface area contributed by atoms with E-state index in [2.05, 4.69) is 41.1 Å². The number of hydrogen-bond donors (Lipinski definition) is 1. The van der Waals surface area contributed by atoms with Crippen molar-refractivity contribution >= 4 is 17.6 Å². The van der Waals surface area contributed by atoms with Crippen LogP contribution in [0.1, 0.15) is 63.1 Å². The first-order valence-corrected chi connectivity index (χ1v) is 12.4. The number of anilines is 1. The zero-order chi connectivity index (χ0) is 21.5. The Hall–Kier alpha value is -2.11. The Morgan fingerprint density at radius 2 is 1.97 bits per heavy atom. The summed E-state index contributed by atoms with van der Waals surface area (Å²) >= 11 is 0. The molecule has 1 N–H and O–H groups in total. The highest BCUT2D eigenvalue weighted by Crippen LogP contribution is 2.42. The first-order chi connectivity index (χ1) is 15.0. The molecule has 2 bridgehead atoms. The van der Waals surface area contributed by atoms with Crippen LogP contribution in [0.5, 0.6) is 0 Å². The molecule has 4 heterocycles. The van der Waals surface area contributed by atoms with Crippen molar-refractivity contribution < 1.29 is 9.59 Å². The van der Waals surface area contributed by atoms with Crippen molar-refractivity contribution in [2.24, 2.45) is 17.8 Å². The standard InChI is InChI=1S/C25H36N4O2/c1-3-20-16(2)10-11-23(27-20)28-14-18-12-19(15-28)22(13-26-25(31)17-6-4-7-17)29-21(18)8-5-9-24(29)30/h10-11,17-19,21-22H,3-9,12-15H2,1-2H3,(H,26,31)/t18-,19-,21-,22-/m0/s1. The normalized spacial score (nSPS) is 30.6. The molecule has 3 aliphatic heterocycles. The third kappa shape index (κ3) is 3.83. The van der Waals surface area contributed by atoms with Gasteiger partial charge in [0.2, 0.25) is 11.8 Å². The lowest BCUT2D eigenvalue weighted by atomic mass is 9.72. The maximum atomic E-state index is 13.0. The van der Waals surface area contributed by atoms with Gasteiger partial charge in [-0.15, -0.1) is 0 Å². The molecule has 1 aromatic rings. The summed E-state index contributed by atoms with van der Waals surface area (Å²) in [4.78, 5) is 35.1. The van der Waals surface area contributed by atoms with Crippen LogP contribution in [0.2, 0.25) is 0 Å². The van der Waals surface area contributed by atoms with Crippen LogP contribution in [0.4, 0.5) is 5.82 Å². The topological polar surface area (TPSA) is 65.5 Å². The van der Waals surface area contributed by atoms with Gasteiger partial charge in [0.1, 0.15) is 5.82 Å². The summed E-state index contributed by atoms with van der Waals surface area (Å²) in [7, 11) is 0. The number of carbonyl (C=O) groups excluding carboxylic acids is 2. The van der Waals surface area contributed by atoms with Gasteiger partial charge >= 0.3 is 0 Å². The molecule has 2 amide bonds. The number of rotatable bonds is 5. The van der Waals surface area contributed by atoms with Crippen molar-refractivity contribution in [2.75, 3.05) is 24.5 Å². The van der Waals surface area contributed by atoms with Crippen LogP contribution in [0.15, 0.2) is 12.1 Å². The van der Waals surface area contributed by atoms with Crippen molar-refractivity contribution in [1.82, 2.24) is 15.2 Å². The van der Waals surface area contributed by atoms with E-state index < -0.39 is 0 Å². The fourth-order valence-corrected chi connectivity index (χ4v) is 6.34. The van der Waals surface area contributed by atoms with Crippen molar-refractivity contribution in [3.63, 3.8) is 0 Å². The Kier molecular flexibility index (Phi) is 5.65. The molecule has 0 spiro atoms. The molecule has 0 aromatic carbocycles. The molecule has 31 heavy (non-hydrogen) atoms. The van der Waals surface area contributed by atoms with E-state index in [1.54, 1.807) is 0 Å². The summed E-state index contributed by atoms with van der Waals surface area (Å²) < 4.78 is 0. The minimum absolute atomic E-state index is 0.108. The molecular weight excluding hydrogens is 388 g/mol. The fraction of sp³-hybridized carbons (Fsp3) is 0.720. The van der Waals surface area contributed by atoms with Crippen molar-refractivity contribution in [3.05, 3.63) is 23.4 Å². The highest BCUT2D eigenvalue weighted by molar-refractivity contribution is 5.80. The van der Waals surface area contributed by atoms with Gasteiger partial charge in [-0.2, -0.15) is 0 Å². The molecule has 4 aliphatic rings. The van der Waals surface area contributed by atoms with Crippen LogP contribution in [0, 0.1) is 24.7 Å². The lowest BCUT2D eigenvalue weighted by molar-refractivity contribution is -0.149. The number of amides is 2. The van der Waals surface area contributed by atoms with Crippen molar-refractivity contribution in [1.29, 1.82) is 0 Å². The van der Waals surface area contributed by atoms with Gasteiger partial charge in [-0.25, -0.2) is 4.98 Å². The van der Waals surface area contributed by atoms with Gasteiger partial charge < -0.3 is 15.1 Å². The minimum Gasteiger partial charge on any atom is -0.356 e. The SMILES string of the molecule is CCc1nc(N2C[C@@H]3C[C@@H](C2)[C@H](CNC(=O)C2CCC2)N2C(=O)CCC[C@@H]32)ccc1C. The second kappa shape index (κ2) is 8.44. The quantitative estimate of drug-likeness (QED) is 0.789. The largest absolute Gasteiger partial charge is 0.356 e. The molecule has 4 fully saturated rings. The van der Waals surface area contributed by atoms with Gasteiger partial charge in [0.25, 0.3) is 0 Å². The van der Waals surface area contributed by atoms with Gasteiger partial charge in [-0.3, -0.25) is 9.59 Å². The van der Waals surface area contributed by atoms with Crippen molar-refractivity contribution in [2.45, 2.75) is 77.3 Å². The molecule has 1 aromatic heterocycles. The average molecular weight is 425 g/mol. The Bertz CT molecular complexity index is 852. The molecule has 6 heteroatoms. The summed E-state index contributed by atoms with van der Waals surface area (Å²) in [5.74, 6) is 2.63.